The third-order valence-corrected chi connectivity index (χ3v) is 3.36. The highest BCUT2D eigenvalue weighted by Crippen LogP contribution is 2.19. The van der Waals surface area contributed by atoms with Crippen LogP contribution in [0, 0.1) is 6.92 Å². The maximum Gasteiger partial charge on any atom is 0.237 e. The summed E-state index contributed by atoms with van der Waals surface area (Å²) in [6.07, 6.45) is 1.42. The number of H-pyrrole nitrogens is 1. The smallest absolute Gasteiger partial charge is 0.237 e. The Morgan fingerprint density at radius 2 is 2.11 bits per heavy atom. The minimum Gasteiger partial charge on any atom is -0.325 e. The molecule has 2 N–H and O–H groups in total. The summed E-state index contributed by atoms with van der Waals surface area (Å²) in [5.41, 5.74) is 1.97. The van der Waals surface area contributed by atoms with E-state index in [9.17, 15) is 4.79 Å². The van der Waals surface area contributed by atoms with Crippen LogP contribution in [0.25, 0.3) is 0 Å². The molecule has 0 unspecified atom stereocenters. The van der Waals surface area contributed by atoms with Gasteiger partial charge in [-0.15, -0.1) is 0 Å². The predicted molar refractivity (Wildman–Crippen MR) is 71.5 cm³/mol. The summed E-state index contributed by atoms with van der Waals surface area (Å²) >= 11 is 1.34. The number of amides is 1. The third-order valence-electron chi connectivity index (χ3n) is 2.37. The van der Waals surface area contributed by atoms with Gasteiger partial charge in [-0.25, -0.2) is 4.98 Å². The molecule has 1 aromatic heterocycles. The van der Waals surface area contributed by atoms with Crippen molar-refractivity contribution in [3.8, 4) is 0 Å². The largest absolute Gasteiger partial charge is 0.325 e. The van der Waals surface area contributed by atoms with Crippen LogP contribution in [0.2, 0.25) is 0 Å². The quantitative estimate of drug-likeness (QED) is 0.829. The molecule has 1 heterocycles. The van der Waals surface area contributed by atoms with Crippen molar-refractivity contribution in [1.29, 1.82) is 0 Å². The third kappa shape index (κ3) is 3.33. The zero-order valence-electron chi connectivity index (χ0n) is 10.2. The second-order valence-corrected chi connectivity index (χ2v) is 5.24. The van der Waals surface area contributed by atoms with Gasteiger partial charge in [-0.05, 0) is 26.0 Å². The van der Waals surface area contributed by atoms with Crippen molar-refractivity contribution in [3.63, 3.8) is 0 Å². The highest BCUT2D eigenvalue weighted by Gasteiger charge is 2.15. The second-order valence-electron chi connectivity index (χ2n) is 3.91. The molecule has 94 valence electrons. The summed E-state index contributed by atoms with van der Waals surface area (Å²) in [5.74, 6) is -0.0553. The van der Waals surface area contributed by atoms with Crippen molar-refractivity contribution in [3.05, 3.63) is 36.2 Å². The van der Waals surface area contributed by atoms with Gasteiger partial charge in [-0.1, -0.05) is 29.5 Å². The lowest BCUT2D eigenvalue weighted by Crippen LogP contribution is -2.22. The van der Waals surface area contributed by atoms with Crippen molar-refractivity contribution in [2.45, 2.75) is 24.3 Å². The van der Waals surface area contributed by atoms with Gasteiger partial charge in [-0.2, -0.15) is 5.10 Å². The molecule has 0 fully saturated rings. The van der Waals surface area contributed by atoms with Crippen molar-refractivity contribution in [1.82, 2.24) is 15.2 Å². The van der Waals surface area contributed by atoms with E-state index in [1.165, 1.54) is 18.1 Å². The van der Waals surface area contributed by atoms with Gasteiger partial charge < -0.3 is 5.32 Å². The van der Waals surface area contributed by atoms with Crippen molar-refractivity contribution in [2.75, 3.05) is 5.32 Å². The van der Waals surface area contributed by atoms with Crippen molar-refractivity contribution >= 4 is 23.4 Å². The number of thioether (sulfide) groups is 1. The monoisotopic (exact) mass is 262 g/mol. The van der Waals surface area contributed by atoms with Gasteiger partial charge in [0.15, 0.2) is 5.16 Å². The first-order valence-corrected chi connectivity index (χ1v) is 6.42. The fraction of sp³-hybridized carbons (Fsp3) is 0.250. The fourth-order valence-electron chi connectivity index (χ4n) is 1.35. The molecule has 0 saturated heterocycles. The Balaban J connectivity index is 1.93. The molecule has 1 atom stereocenters. The number of anilines is 1. The number of carbonyl (C=O) groups is 1. The molecule has 0 aliphatic rings. The number of nitrogens with zero attached hydrogens (tertiary/aromatic N) is 2. The summed E-state index contributed by atoms with van der Waals surface area (Å²) in [6, 6.07) is 7.70. The minimum atomic E-state index is -0.237. The number of benzene rings is 1. The fourth-order valence-corrected chi connectivity index (χ4v) is 2.07. The molecule has 18 heavy (non-hydrogen) atoms. The SMILES string of the molecule is Cc1ccc(NC(=O)[C@@H](C)Sc2ncn[nH]2)cc1. The van der Waals surface area contributed by atoms with Gasteiger partial charge >= 0.3 is 0 Å². The molecular weight excluding hydrogens is 248 g/mol. The lowest BCUT2D eigenvalue weighted by Gasteiger charge is -2.10. The van der Waals surface area contributed by atoms with Crippen LogP contribution in [0.1, 0.15) is 12.5 Å². The Kier molecular flexibility index (Phi) is 3.99. The maximum absolute atomic E-state index is 11.9. The van der Waals surface area contributed by atoms with E-state index in [-0.39, 0.29) is 11.2 Å². The topological polar surface area (TPSA) is 70.7 Å². The Hall–Kier alpha value is -1.82. The van der Waals surface area contributed by atoms with Gasteiger partial charge in [0.1, 0.15) is 6.33 Å². The molecular formula is C12H14N4OS. The first-order chi connectivity index (χ1) is 8.65. The molecule has 2 rings (SSSR count). The van der Waals surface area contributed by atoms with Crippen LogP contribution < -0.4 is 5.32 Å². The number of carbonyl (C=O) groups excluding carboxylic acids is 1. The van der Waals surface area contributed by atoms with E-state index in [0.717, 1.165) is 11.3 Å². The van der Waals surface area contributed by atoms with E-state index in [0.29, 0.717) is 5.16 Å². The number of hydrogen-bond acceptors (Lipinski definition) is 4. The summed E-state index contributed by atoms with van der Waals surface area (Å²) in [6.45, 7) is 3.84. The molecule has 5 nitrogen and oxygen atoms in total. The number of aromatic amines is 1. The summed E-state index contributed by atoms with van der Waals surface area (Å²) in [7, 11) is 0. The van der Waals surface area contributed by atoms with E-state index in [1.54, 1.807) is 0 Å². The van der Waals surface area contributed by atoms with Crippen LogP contribution in [0.5, 0.6) is 0 Å². The van der Waals surface area contributed by atoms with Crippen LogP contribution in [0.3, 0.4) is 0 Å². The predicted octanol–water partition coefficient (Wildman–Crippen LogP) is 2.23. The average Bonchev–Trinajstić information content (AvgIpc) is 2.85. The van der Waals surface area contributed by atoms with Gasteiger partial charge in [0.05, 0.1) is 5.25 Å². The molecule has 1 amide bonds. The van der Waals surface area contributed by atoms with E-state index in [1.807, 2.05) is 38.1 Å². The number of aryl methyl sites for hydroxylation is 1. The van der Waals surface area contributed by atoms with Crippen molar-refractivity contribution < 1.29 is 4.79 Å². The number of aromatic nitrogens is 3. The average molecular weight is 262 g/mol. The molecule has 0 aliphatic carbocycles. The van der Waals surface area contributed by atoms with Gasteiger partial charge in [-0.3, -0.25) is 9.89 Å². The van der Waals surface area contributed by atoms with E-state index in [4.69, 9.17) is 0 Å². The van der Waals surface area contributed by atoms with Crippen molar-refractivity contribution in [2.24, 2.45) is 0 Å². The summed E-state index contributed by atoms with van der Waals surface area (Å²) in [5, 5.41) is 9.72. The molecule has 0 aliphatic heterocycles. The van der Waals surface area contributed by atoms with Crippen LogP contribution in [-0.4, -0.2) is 26.3 Å². The Morgan fingerprint density at radius 1 is 1.39 bits per heavy atom. The first-order valence-electron chi connectivity index (χ1n) is 5.54. The van der Waals surface area contributed by atoms with Gasteiger partial charge in [0.2, 0.25) is 5.91 Å². The van der Waals surface area contributed by atoms with Gasteiger partial charge in [0.25, 0.3) is 0 Å². The number of nitrogens with one attached hydrogen (secondary N) is 2. The van der Waals surface area contributed by atoms with E-state index in [2.05, 4.69) is 20.5 Å². The number of rotatable bonds is 4. The normalized spacial score (nSPS) is 12.1. The van der Waals surface area contributed by atoms with Gasteiger partial charge in [0, 0.05) is 5.69 Å². The molecule has 0 saturated carbocycles. The zero-order chi connectivity index (χ0) is 13.0. The molecule has 0 bridgehead atoms. The molecule has 0 radical (unpaired) electrons. The number of hydrogen-bond donors (Lipinski definition) is 2. The summed E-state index contributed by atoms with van der Waals surface area (Å²) in [4.78, 5) is 15.9. The Bertz CT molecular complexity index is 509. The summed E-state index contributed by atoms with van der Waals surface area (Å²) < 4.78 is 0. The van der Waals surface area contributed by atoms with E-state index >= 15 is 0 Å². The zero-order valence-corrected chi connectivity index (χ0v) is 11.0. The van der Waals surface area contributed by atoms with Crippen LogP contribution >= 0.6 is 11.8 Å². The van der Waals surface area contributed by atoms with E-state index < -0.39 is 0 Å². The highest BCUT2D eigenvalue weighted by atomic mass is 32.2. The maximum atomic E-state index is 11.9. The molecule has 0 spiro atoms. The minimum absolute atomic E-state index is 0.0553. The molecule has 6 heteroatoms. The Labute approximate surface area is 109 Å². The van der Waals surface area contributed by atoms with Crippen LogP contribution in [0.4, 0.5) is 5.69 Å². The van der Waals surface area contributed by atoms with Crippen LogP contribution in [0.15, 0.2) is 35.7 Å². The first kappa shape index (κ1) is 12.6. The second kappa shape index (κ2) is 5.68. The lowest BCUT2D eigenvalue weighted by atomic mass is 10.2. The highest BCUT2D eigenvalue weighted by molar-refractivity contribution is 8.00. The van der Waals surface area contributed by atoms with Crippen LogP contribution in [-0.2, 0) is 4.79 Å². The lowest BCUT2D eigenvalue weighted by molar-refractivity contribution is -0.115. The molecule has 2 aromatic rings. The Morgan fingerprint density at radius 3 is 2.72 bits per heavy atom. The molecule has 1 aromatic carbocycles. The standard InChI is InChI=1S/C12H14N4OS/c1-8-3-5-10(6-4-8)15-11(17)9(2)18-12-13-7-14-16-12/h3-7,9H,1-2H3,(H,15,17)(H,13,14,16)/t9-/m1/s1.